The van der Waals surface area contributed by atoms with Gasteiger partial charge in [0.05, 0.1) is 0 Å². The van der Waals surface area contributed by atoms with Crippen LogP contribution in [0.5, 0.6) is 0 Å². The quantitative estimate of drug-likeness (QED) is 0.301. The first-order valence-corrected chi connectivity index (χ1v) is 9.12. The summed E-state index contributed by atoms with van der Waals surface area (Å²) in [5.41, 5.74) is 5.59. The van der Waals surface area contributed by atoms with Crippen molar-refractivity contribution in [2.24, 2.45) is 0 Å². The van der Waals surface area contributed by atoms with Gasteiger partial charge in [-0.15, -0.1) is 0 Å². The summed E-state index contributed by atoms with van der Waals surface area (Å²) in [4.78, 5) is 0. The molecule has 0 fully saturated rings. The van der Waals surface area contributed by atoms with Crippen LogP contribution in [-0.2, 0) is 0 Å². The number of guanidine groups is 1. The van der Waals surface area contributed by atoms with E-state index < -0.39 is 0 Å². The van der Waals surface area contributed by atoms with Gasteiger partial charge in [-0.3, -0.25) is 5.41 Å². The maximum absolute atomic E-state index is 8.29. The lowest BCUT2D eigenvalue weighted by Gasteiger charge is -2.14. The van der Waals surface area contributed by atoms with Crippen LogP contribution < -0.4 is 10.6 Å². The third-order valence-corrected chi connectivity index (χ3v) is 5.17. The molecule has 130 valence electrons. The van der Waals surface area contributed by atoms with Crippen LogP contribution in [0.3, 0.4) is 0 Å². The molecule has 3 heteroatoms. The van der Waals surface area contributed by atoms with Crippen molar-refractivity contribution in [3.63, 3.8) is 0 Å². The van der Waals surface area contributed by atoms with Gasteiger partial charge in [0.2, 0.25) is 0 Å². The minimum absolute atomic E-state index is 0.273. The van der Waals surface area contributed by atoms with Crippen molar-refractivity contribution >= 4 is 40.3 Å². The third kappa shape index (κ3) is 2.97. The second-order valence-electron chi connectivity index (χ2n) is 6.86. The summed E-state index contributed by atoms with van der Waals surface area (Å²) in [6.45, 7) is 4.43. The van der Waals surface area contributed by atoms with Crippen LogP contribution >= 0.6 is 0 Å². The lowest BCUT2D eigenvalue weighted by Crippen LogP contribution is -2.21. The van der Waals surface area contributed by atoms with Crippen LogP contribution in [0.4, 0.5) is 11.4 Å². The summed E-state index contributed by atoms with van der Waals surface area (Å²) in [6, 6.07) is 18.8. The lowest BCUT2D eigenvalue weighted by atomic mass is 9.99. The molecule has 3 aromatic rings. The molecule has 26 heavy (non-hydrogen) atoms. The summed E-state index contributed by atoms with van der Waals surface area (Å²) < 4.78 is 0. The van der Waals surface area contributed by atoms with Gasteiger partial charge in [0.25, 0.3) is 0 Å². The molecule has 0 aromatic heterocycles. The summed E-state index contributed by atoms with van der Waals surface area (Å²) in [5, 5.41) is 17.1. The first-order chi connectivity index (χ1) is 12.7. The molecule has 0 radical (unpaired) electrons. The molecule has 1 aliphatic carbocycles. The zero-order valence-electron chi connectivity index (χ0n) is 15.1. The summed E-state index contributed by atoms with van der Waals surface area (Å²) in [6.07, 6.45) is 5.38. The molecule has 0 aliphatic heterocycles. The molecule has 0 saturated heterocycles. The van der Waals surface area contributed by atoms with E-state index in [1.54, 1.807) is 0 Å². The Labute approximate surface area is 154 Å². The van der Waals surface area contributed by atoms with E-state index in [1.807, 2.05) is 18.2 Å². The number of rotatable bonds is 4. The monoisotopic (exact) mass is 341 g/mol. The first-order valence-electron chi connectivity index (χ1n) is 9.12. The molecule has 0 spiro atoms. The molecule has 0 bridgehead atoms. The predicted molar refractivity (Wildman–Crippen MR) is 113 cm³/mol. The van der Waals surface area contributed by atoms with Gasteiger partial charge < -0.3 is 10.6 Å². The van der Waals surface area contributed by atoms with Crippen molar-refractivity contribution in [2.45, 2.75) is 26.2 Å². The van der Waals surface area contributed by atoms with Gasteiger partial charge in [0.1, 0.15) is 0 Å². The molecule has 3 nitrogen and oxygen atoms in total. The summed E-state index contributed by atoms with van der Waals surface area (Å²) in [7, 11) is 0. The van der Waals surface area contributed by atoms with Crippen LogP contribution in [0.1, 0.15) is 42.9 Å². The maximum Gasteiger partial charge on any atom is 0.197 e. The number of anilines is 2. The van der Waals surface area contributed by atoms with Crippen LogP contribution in [0.15, 0.2) is 54.6 Å². The molecule has 4 rings (SSSR count). The molecule has 1 aliphatic rings. The zero-order valence-corrected chi connectivity index (χ0v) is 15.1. The number of hydrogen-bond acceptors (Lipinski definition) is 1. The predicted octanol–water partition coefficient (Wildman–Crippen LogP) is 6.30. The molecule has 0 saturated carbocycles. The Morgan fingerprint density at radius 2 is 1.77 bits per heavy atom. The molecule has 1 unspecified atom stereocenters. The summed E-state index contributed by atoms with van der Waals surface area (Å²) >= 11 is 0. The van der Waals surface area contributed by atoms with Crippen molar-refractivity contribution in [2.75, 3.05) is 10.6 Å². The Hall–Kier alpha value is -3.07. The van der Waals surface area contributed by atoms with E-state index in [1.165, 1.54) is 21.9 Å². The maximum atomic E-state index is 8.29. The summed E-state index contributed by atoms with van der Waals surface area (Å²) in [5.74, 6) is 0.832. The number of benzene rings is 3. The smallest absolute Gasteiger partial charge is 0.197 e. The van der Waals surface area contributed by atoms with Gasteiger partial charge in [-0.2, -0.15) is 0 Å². The van der Waals surface area contributed by atoms with Gasteiger partial charge >= 0.3 is 0 Å². The van der Waals surface area contributed by atoms with Crippen molar-refractivity contribution in [1.82, 2.24) is 0 Å². The average molecular weight is 341 g/mol. The highest BCUT2D eigenvalue weighted by molar-refractivity contribution is 6.11. The second kappa shape index (κ2) is 6.68. The fourth-order valence-corrected chi connectivity index (χ4v) is 3.47. The molecular weight excluding hydrogens is 318 g/mol. The SMILES string of the molecule is CCC(C)c1ccc(NC(=N)Nc2ccc3cccc4c3c2C=C4)cc1. The van der Waals surface area contributed by atoms with E-state index in [2.05, 4.69) is 73.0 Å². The van der Waals surface area contributed by atoms with Gasteiger partial charge in [-0.1, -0.05) is 62.4 Å². The molecule has 1 atom stereocenters. The van der Waals surface area contributed by atoms with Crippen molar-refractivity contribution < 1.29 is 0 Å². The molecule has 3 aromatic carbocycles. The highest BCUT2D eigenvalue weighted by Crippen LogP contribution is 2.35. The van der Waals surface area contributed by atoms with E-state index in [4.69, 9.17) is 5.41 Å². The van der Waals surface area contributed by atoms with E-state index in [-0.39, 0.29) is 5.96 Å². The van der Waals surface area contributed by atoms with Crippen LogP contribution in [-0.4, -0.2) is 5.96 Å². The van der Waals surface area contributed by atoms with E-state index in [0.717, 1.165) is 23.4 Å². The molecular formula is C23H23N3. The fourth-order valence-electron chi connectivity index (χ4n) is 3.47. The third-order valence-electron chi connectivity index (χ3n) is 5.17. The number of nitrogens with one attached hydrogen (secondary N) is 3. The Balaban J connectivity index is 1.51. The van der Waals surface area contributed by atoms with Crippen molar-refractivity contribution in [3.05, 3.63) is 71.3 Å². The van der Waals surface area contributed by atoms with Crippen LogP contribution in [0.25, 0.3) is 22.9 Å². The van der Waals surface area contributed by atoms with E-state index in [0.29, 0.717) is 5.92 Å². The number of hydrogen-bond donors (Lipinski definition) is 3. The standard InChI is InChI=1S/C23H23N3/c1-3-15(2)16-7-11-19(12-8-16)25-23(24)26-21-14-10-18-6-4-5-17-9-13-20(21)22(17)18/h4-15H,3H2,1-2H3,(H3,24,25,26). The largest absolute Gasteiger partial charge is 0.326 e. The molecule has 0 heterocycles. The first kappa shape index (κ1) is 16.4. The second-order valence-corrected chi connectivity index (χ2v) is 6.86. The van der Waals surface area contributed by atoms with Crippen molar-refractivity contribution in [1.29, 1.82) is 5.41 Å². The molecule has 0 amide bonds. The van der Waals surface area contributed by atoms with E-state index >= 15 is 0 Å². The van der Waals surface area contributed by atoms with Gasteiger partial charge in [-0.05, 0) is 52.4 Å². The minimum Gasteiger partial charge on any atom is -0.326 e. The Morgan fingerprint density at radius 1 is 0.962 bits per heavy atom. The van der Waals surface area contributed by atoms with Crippen molar-refractivity contribution in [3.8, 4) is 0 Å². The normalized spacial score (nSPS) is 13.0. The van der Waals surface area contributed by atoms with Crippen LogP contribution in [0, 0.1) is 5.41 Å². The van der Waals surface area contributed by atoms with E-state index in [9.17, 15) is 0 Å². The molecule has 3 N–H and O–H groups in total. The highest BCUT2D eigenvalue weighted by atomic mass is 15.1. The highest BCUT2D eigenvalue weighted by Gasteiger charge is 2.13. The Morgan fingerprint density at radius 3 is 2.54 bits per heavy atom. The lowest BCUT2D eigenvalue weighted by molar-refractivity contribution is 0.734. The average Bonchev–Trinajstić information content (AvgIpc) is 3.10. The van der Waals surface area contributed by atoms with Gasteiger partial charge in [0.15, 0.2) is 5.96 Å². The zero-order chi connectivity index (χ0) is 18.1. The fraction of sp³-hybridized carbons (Fsp3) is 0.174. The van der Waals surface area contributed by atoms with Crippen LogP contribution in [0.2, 0.25) is 0 Å². The topological polar surface area (TPSA) is 47.9 Å². The Kier molecular flexibility index (Phi) is 4.21. The minimum atomic E-state index is 0.273. The van der Waals surface area contributed by atoms with Gasteiger partial charge in [-0.25, -0.2) is 0 Å². The van der Waals surface area contributed by atoms with Gasteiger partial charge in [0, 0.05) is 16.9 Å². The Bertz CT molecular complexity index is 1000.